The predicted octanol–water partition coefficient (Wildman–Crippen LogP) is 2.69. The second kappa shape index (κ2) is 8.82. The van der Waals surface area contributed by atoms with Gasteiger partial charge in [-0.15, -0.1) is 23.5 Å². The van der Waals surface area contributed by atoms with Crippen molar-refractivity contribution in [1.29, 1.82) is 0 Å². The third kappa shape index (κ3) is 4.41. The lowest BCUT2D eigenvalue weighted by molar-refractivity contribution is -0.146. The number of aliphatic hydroxyl groups excluding tert-OH is 1. The maximum Gasteiger partial charge on any atom is 0.335 e. The number of rotatable bonds is 8. The molecule has 1 heterocycles. The molecule has 1 aliphatic rings. The summed E-state index contributed by atoms with van der Waals surface area (Å²) >= 11 is 2.97. The van der Waals surface area contributed by atoms with E-state index >= 15 is 0 Å². The molecule has 0 bridgehead atoms. The Kier molecular flexibility index (Phi) is 7.08. The van der Waals surface area contributed by atoms with Crippen LogP contribution < -0.4 is 0 Å². The van der Waals surface area contributed by atoms with Crippen LogP contribution in [-0.2, 0) is 20.9 Å². The molecule has 0 spiro atoms. The van der Waals surface area contributed by atoms with Crippen molar-refractivity contribution in [3.63, 3.8) is 0 Å². The molecule has 0 amide bonds. The van der Waals surface area contributed by atoms with E-state index in [-0.39, 0.29) is 5.97 Å². The van der Waals surface area contributed by atoms with Gasteiger partial charge in [-0.3, -0.25) is 0 Å². The first kappa shape index (κ1) is 17.7. The van der Waals surface area contributed by atoms with E-state index in [1.165, 1.54) is 23.5 Å². The van der Waals surface area contributed by atoms with Gasteiger partial charge in [-0.05, 0) is 18.9 Å². The summed E-state index contributed by atoms with van der Waals surface area (Å²) in [5, 5.41) is 10.5. The van der Waals surface area contributed by atoms with Crippen molar-refractivity contribution in [2.45, 2.75) is 30.1 Å². The largest absolute Gasteiger partial charge is 0.464 e. The van der Waals surface area contributed by atoms with Gasteiger partial charge in [-0.2, -0.15) is 0 Å². The lowest BCUT2D eigenvalue weighted by Crippen LogP contribution is -2.44. The fourth-order valence-corrected chi connectivity index (χ4v) is 5.34. The van der Waals surface area contributed by atoms with E-state index in [9.17, 15) is 9.90 Å². The molecule has 6 heteroatoms. The SMILES string of the molecule is CCOC(=O)C1([C@H](O)CCOCc2ccccc2)SCCS1. The Hall–Kier alpha value is -0.690. The molecule has 0 radical (unpaired) electrons. The number of benzene rings is 1. The van der Waals surface area contributed by atoms with Gasteiger partial charge in [0.25, 0.3) is 0 Å². The summed E-state index contributed by atoms with van der Waals surface area (Å²) in [5.41, 5.74) is 1.10. The van der Waals surface area contributed by atoms with Gasteiger partial charge in [0.05, 0.1) is 19.3 Å². The average Bonchev–Trinajstić information content (AvgIpc) is 3.04. The van der Waals surface area contributed by atoms with Crippen LogP contribution in [0.3, 0.4) is 0 Å². The standard InChI is InChI=1S/C16H22O4S2/c1-2-20-15(18)16(21-10-11-22-16)14(17)8-9-19-12-13-6-4-3-5-7-13/h3-7,14,17H,2,8-12H2,1H3/t14-/m1/s1. The topological polar surface area (TPSA) is 55.8 Å². The minimum Gasteiger partial charge on any atom is -0.464 e. The molecule has 122 valence electrons. The molecular formula is C16H22O4S2. The highest BCUT2D eigenvalue weighted by Crippen LogP contribution is 2.48. The summed E-state index contributed by atoms with van der Waals surface area (Å²) < 4.78 is 9.87. The Bertz CT molecular complexity index is 460. The zero-order valence-electron chi connectivity index (χ0n) is 12.7. The summed E-state index contributed by atoms with van der Waals surface area (Å²) in [4.78, 5) is 12.2. The monoisotopic (exact) mass is 342 g/mol. The number of hydrogen-bond acceptors (Lipinski definition) is 6. The van der Waals surface area contributed by atoms with Gasteiger partial charge < -0.3 is 14.6 Å². The first-order valence-corrected chi connectivity index (χ1v) is 9.41. The number of hydrogen-bond donors (Lipinski definition) is 1. The van der Waals surface area contributed by atoms with Crippen LogP contribution in [0.2, 0.25) is 0 Å². The van der Waals surface area contributed by atoms with Gasteiger partial charge in [0.1, 0.15) is 0 Å². The van der Waals surface area contributed by atoms with Gasteiger partial charge >= 0.3 is 5.97 Å². The number of esters is 1. The molecule has 1 aromatic rings. The molecule has 1 atom stereocenters. The van der Waals surface area contributed by atoms with Crippen molar-refractivity contribution in [3.8, 4) is 0 Å². The van der Waals surface area contributed by atoms with Crippen LogP contribution in [-0.4, -0.2) is 46.0 Å². The normalized spacial score (nSPS) is 18.1. The third-order valence-corrected chi connectivity index (χ3v) is 6.88. The van der Waals surface area contributed by atoms with E-state index in [1.54, 1.807) is 6.92 Å². The van der Waals surface area contributed by atoms with Crippen molar-refractivity contribution in [2.24, 2.45) is 0 Å². The minimum atomic E-state index is -0.883. The van der Waals surface area contributed by atoms with Crippen LogP contribution >= 0.6 is 23.5 Å². The molecule has 4 nitrogen and oxygen atoms in total. The van der Waals surface area contributed by atoms with Crippen LogP contribution in [0.25, 0.3) is 0 Å². The lowest BCUT2D eigenvalue weighted by atomic mass is 10.2. The molecule has 2 rings (SSSR count). The lowest BCUT2D eigenvalue weighted by Gasteiger charge is -2.29. The Labute approximate surface area is 140 Å². The van der Waals surface area contributed by atoms with E-state index in [2.05, 4.69) is 0 Å². The van der Waals surface area contributed by atoms with Gasteiger partial charge in [0.2, 0.25) is 0 Å². The summed E-state index contributed by atoms with van der Waals surface area (Å²) in [6.45, 7) is 3.04. The fourth-order valence-electron chi connectivity index (χ4n) is 2.26. The minimum absolute atomic E-state index is 0.321. The van der Waals surface area contributed by atoms with Gasteiger partial charge in [-0.25, -0.2) is 4.79 Å². The second-order valence-corrected chi connectivity index (χ2v) is 7.87. The van der Waals surface area contributed by atoms with Gasteiger partial charge in [0, 0.05) is 18.1 Å². The maximum atomic E-state index is 12.2. The van der Waals surface area contributed by atoms with Crippen molar-refractivity contribution < 1.29 is 19.4 Å². The molecule has 1 aromatic carbocycles. The zero-order valence-corrected chi connectivity index (χ0v) is 14.3. The highest BCUT2D eigenvalue weighted by molar-refractivity contribution is 8.22. The van der Waals surface area contributed by atoms with Gasteiger partial charge in [0.15, 0.2) is 4.08 Å². The average molecular weight is 342 g/mol. The molecule has 1 saturated heterocycles. The molecule has 0 aromatic heterocycles. The number of ether oxygens (including phenoxy) is 2. The van der Waals surface area contributed by atoms with Crippen LogP contribution in [0.5, 0.6) is 0 Å². The number of aliphatic hydroxyl groups is 1. The van der Waals surface area contributed by atoms with Crippen molar-refractivity contribution in [3.05, 3.63) is 35.9 Å². The fraction of sp³-hybridized carbons (Fsp3) is 0.562. The maximum absolute atomic E-state index is 12.2. The predicted molar refractivity (Wildman–Crippen MR) is 91.0 cm³/mol. The molecule has 0 unspecified atom stereocenters. The van der Waals surface area contributed by atoms with E-state index in [4.69, 9.17) is 9.47 Å². The van der Waals surface area contributed by atoms with E-state index in [1.807, 2.05) is 30.3 Å². The van der Waals surface area contributed by atoms with Crippen LogP contribution in [0.15, 0.2) is 30.3 Å². The Morgan fingerprint density at radius 3 is 2.64 bits per heavy atom. The first-order valence-electron chi connectivity index (χ1n) is 7.44. The number of carbonyl (C=O) groups is 1. The summed E-state index contributed by atoms with van der Waals surface area (Å²) in [5.74, 6) is 1.38. The van der Waals surface area contributed by atoms with Gasteiger partial charge in [-0.1, -0.05) is 30.3 Å². The number of carbonyl (C=O) groups excluding carboxylic acids is 1. The van der Waals surface area contributed by atoms with Crippen molar-refractivity contribution in [1.82, 2.24) is 0 Å². The molecule has 1 N–H and O–H groups in total. The first-order chi connectivity index (χ1) is 10.7. The van der Waals surface area contributed by atoms with Crippen molar-refractivity contribution >= 4 is 29.5 Å². The third-order valence-electron chi connectivity index (χ3n) is 3.36. The molecule has 0 aliphatic carbocycles. The van der Waals surface area contributed by atoms with E-state index in [0.29, 0.717) is 26.2 Å². The molecule has 0 saturated carbocycles. The Morgan fingerprint density at radius 1 is 1.32 bits per heavy atom. The highest BCUT2D eigenvalue weighted by Gasteiger charge is 2.50. The van der Waals surface area contributed by atoms with Crippen LogP contribution in [0.1, 0.15) is 18.9 Å². The summed E-state index contributed by atoms with van der Waals surface area (Å²) in [7, 11) is 0. The van der Waals surface area contributed by atoms with Crippen LogP contribution in [0.4, 0.5) is 0 Å². The Balaban J connectivity index is 1.81. The second-order valence-electron chi connectivity index (χ2n) is 4.93. The quantitative estimate of drug-likeness (QED) is 0.579. The zero-order chi connectivity index (χ0) is 15.8. The van der Waals surface area contributed by atoms with Crippen LogP contribution in [0, 0.1) is 0 Å². The highest BCUT2D eigenvalue weighted by atomic mass is 32.2. The molecular weight excluding hydrogens is 320 g/mol. The van der Waals surface area contributed by atoms with E-state index < -0.39 is 10.2 Å². The summed E-state index contributed by atoms with van der Waals surface area (Å²) in [6.07, 6.45) is -0.342. The number of thioether (sulfide) groups is 2. The Morgan fingerprint density at radius 2 is 2.00 bits per heavy atom. The molecule has 1 fully saturated rings. The smallest absolute Gasteiger partial charge is 0.335 e. The molecule has 1 aliphatic heterocycles. The molecule has 22 heavy (non-hydrogen) atoms. The van der Waals surface area contributed by atoms with Crippen molar-refractivity contribution in [2.75, 3.05) is 24.7 Å². The summed E-state index contributed by atoms with van der Waals surface area (Å²) in [6, 6.07) is 9.90. The van der Waals surface area contributed by atoms with E-state index in [0.717, 1.165) is 17.1 Å².